The van der Waals surface area contributed by atoms with Crippen molar-refractivity contribution in [1.82, 2.24) is 0 Å². The van der Waals surface area contributed by atoms with E-state index in [9.17, 15) is 9.59 Å². The number of esters is 2. The summed E-state index contributed by atoms with van der Waals surface area (Å²) in [5.74, 6) is -2.28. The summed E-state index contributed by atoms with van der Waals surface area (Å²) < 4.78 is 9.17. The highest BCUT2D eigenvalue weighted by atomic mass is 16.5. The second-order valence-electron chi connectivity index (χ2n) is 3.39. The minimum absolute atomic E-state index is 0.232. The molecule has 0 aromatic heterocycles. The number of rotatable bonds is 5. The van der Waals surface area contributed by atoms with Gasteiger partial charge in [0.05, 0.1) is 14.2 Å². The van der Waals surface area contributed by atoms with Crippen LogP contribution in [0, 0.1) is 11.8 Å². The summed E-state index contributed by atoms with van der Waals surface area (Å²) in [5, 5.41) is 0. The smallest absolute Gasteiger partial charge is 0.320 e. The van der Waals surface area contributed by atoms with E-state index in [0.29, 0.717) is 6.42 Å². The van der Waals surface area contributed by atoms with E-state index in [2.05, 4.69) is 16.1 Å². The highest BCUT2D eigenvalue weighted by molar-refractivity contribution is 5.95. The molecule has 0 aromatic carbocycles. The molecule has 0 aromatic rings. The molecular formula is C11H18O4. The minimum atomic E-state index is -0.900. The van der Waals surface area contributed by atoms with Gasteiger partial charge in [0.1, 0.15) is 0 Å². The van der Waals surface area contributed by atoms with E-state index >= 15 is 0 Å². The van der Waals surface area contributed by atoms with Gasteiger partial charge in [-0.05, 0) is 13.3 Å². The van der Waals surface area contributed by atoms with Crippen LogP contribution in [0.5, 0.6) is 0 Å². The van der Waals surface area contributed by atoms with Crippen LogP contribution >= 0.6 is 0 Å². The van der Waals surface area contributed by atoms with Crippen molar-refractivity contribution in [3.05, 3.63) is 12.2 Å². The number of carbonyl (C=O) groups is 2. The van der Waals surface area contributed by atoms with Gasteiger partial charge in [-0.2, -0.15) is 0 Å². The van der Waals surface area contributed by atoms with Crippen LogP contribution in [0.25, 0.3) is 0 Å². The molecule has 86 valence electrons. The summed E-state index contributed by atoms with van der Waals surface area (Å²) in [6.45, 7) is 7.44. The Bertz CT molecular complexity index is 241. The quantitative estimate of drug-likeness (QED) is 0.396. The Hall–Kier alpha value is -1.32. The highest BCUT2D eigenvalue weighted by Crippen LogP contribution is 2.25. The first-order valence-corrected chi connectivity index (χ1v) is 4.80. The lowest BCUT2D eigenvalue weighted by molar-refractivity contribution is -0.160. The summed E-state index contributed by atoms with van der Waals surface area (Å²) in [7, 11) is 2.51. The average molecular weight is 214 g/mol. The Morgan fingerprint density at radius 2 is 1.60 bits per heavy atom. The minimum Gasteiger partial charge on any atom is -0.468 e. The lowest BCUT2D eigenvalue weighted by atomic mass is 9.85. The standard InChI is InChI=1S/C11H18O4/c1-6-8(7(2)3)9(10(12)14-4)11(13)15-5/h8-9H,2,6H2,1,3-5H3. The number of methoxy groups -OCH3 is 2. The van der Waals surface area contributed by atoms with E-state index < -0.39 is 17.9 Å². The SMILES string of the molecule is C=C(C)C(CC)C(C(=O)OC)C(=O)OC. The van der Waals surface area contributed by atoms with Gasteiger partial charge in [0.15, 0.2) is 5.92 Å². The van der Waals surface area contributed by atoms with Crippen molar-refractivity contribution < 1.29 is 19.1 Å². The van der Waals surface area contributed by atoms with Gasteiger partial charge in [0, 0.05) is 5.92 Å². The number of hydrogen-bond donors (Lipinski definition) is 0. The maximum atomic E-state index is 11.5. The van der Waals surface area contributed by atoms with E-state index in [-0.39, 0.29) is 5.92 Å². The van der Waals surface area contributed by atoms with Crippen LogP contribution in [0.4, 0.5) is 0 Å². The van der Waals surface area contributed by atoms with Crippen molar-refractivity contribution in [3.63, 3.8) is 0 Å². The van der Waals surface area contributed by atoms with Crippen LogP contribution in [0.3, 0.4) is 0 Å². The third-order valence-corrected chi connectivity index (χ3v) is 2.39. The third-order valence-electron chi connectivity index (χ3n) is 2.39. The summed E-state index contributed by atoms with van der Waals surface area (Å²) in [6, 6.07) is 0. The number of allylic oxidation sites excluding steroid dienone is 1. The molecule has 0 fully saturated rings. The molecule has 15 heavy (non-hydrogen) atoms. The van der Waals surface area contributed by atoms with E-state index in [1.165, 1.54) is 14.2 Å². The van der Waals surface area contributed by atoms with Gasteiger partial charge in [0.2, 0.25) is 0 Å². The summed E-state index contributed by atoms with van der Waals surface area (Å²) in [5.41, 5.74) is 0.776. The predicted molar refractivity (Wildman–Crippen MR) is 56.1 cm³/mol. The van der Waals surface area contributed by atoms with Crippen LogP contribution in [-0.2, 0) is 19.1 Å². The number of hydrogen-bond acceptors (Lipinski definition) is 4. The summed E-state index contributed by atoms with van der Waals surface area (Å²) >= 11 is 0. The molecule has 4 nitrogen and oxygen atoms in total. The van der Waals surface area contributed by atoms with Crippen molar-refractivity contribution >= 4 is 11.9 Å². The maximum Gasteiger partial charge on any atom is 0.320 e. The largest absolute Gasteiger partial charge is 0.468 e. The Kier molecular flexibility index (Phi) is 5.67. The topological polar surface area (TPSA) is 52.6 Å². The molecule has 0 radical (unpaired) electrons. The van der Waals surface area contributed by atoms with E-state index in [0.717, 1.165) is 5.57 Å². The fraction of sp³-hybridized carbons (Fsp3) is 0.636. The van der Waals surface area contributed by atoms with Crippen LogP contribution < -0.4 is 0 Å². The molecule has 4 heteroatoms. The molecule has 0 spiro atoms. The van der Waals surface area contributed by atoms with Crippen LogP contribution in [0.15, 0.2) is 12.2 Å². The van der Waals surface area contributed by atoms with Crippen molar-refractivity contribution in [1.29, 1.82) is 0 Å². The highest BCUT2D eigenvalue weighted by Gasteiger charge is 2.36. The molecular weight excluding hydrogens is 196 g/mol. The van der Waals surface area contributed by atoms with Gasteiger partial charge >= 0.3 is 11.9 Å². The lowest BCUT2D eigenvalue weighted by Crippen LogP contribution is -2.33. The van der Waals surface area contributed by atoms with Crippen molar-refractivity contribution in [3.8, 4) is 0 Å². The zero-order valence-electron chi connectivity index (χ0n) is 9.70. The van der Waals surface area contributed by atoms with Gasteiger partial charge in [-0.3, -0.25) is 9.59 Å². The molecule has 0 amide bonds. The molecule has 0 heterocycles. The van der Waals surface area contributed by atoms with Crippen LogP contribution in [0.2, 0.25) is 0 Å². The zero-order valence-corrected chi connectivity index (χ0v) is 9.70. The molecule has 0 aliphatic carbocycles. The normalized spacial score (nSPS) is 12.1. The monoisotopic (exact) mass is 214 g/mol. The average Bonchev–Trinajstić information content (AvgIpc) is 2.23. The molecule has 0 aliphatic heterocycles. The van der Waals surface area contributed by atoms with Gasteiger partial charge in [-0.1, -0.05) is 19.1 Å². The fourth-order valence-electron chi connectivity index (χ4n) is 1.55. The third kappa shape index (κ3) is 3.38. The second kappa shape index (κ2) is 6.22. The first-order chi connectivity index (χ1) is 6.99. The lowest BCUT2D eigenvalue weighted by Gasteiger charge is -2.22. The maximum absolute atomic E-state index is 11.5. The fourth-order valence-corrected chi connectivity index (χ4v) is 1.55. The molecule has 0 N–H and O–H groups in total. The zero-order chi connectivity index (χ0) is 12.0. The number of ether oxygens (including phenoxy) is 2. The molecule has 0 saturated carbocycles. The summed E-state index contributed by atoms with van der Waals surface area (Å²) in [4.78, 5) is 22.9. The van der Waals surface area contributed by atoms with Crippen molar-refractivity contribution in [2.45, 2.75) is 20.3 Å². The molecule has 0 aliphatic rings. The number of carbonyl (C=O) groups excluding carboxylic acids is 2. The Morgan fingerprint density at radius 3 is 1.80 bits per heavy atom. The van der Waals surface area contributed by atoms with Gasteiger partial charge < -0.3 is 9.47 Å². The first-order valence-electron chi connectivity index (χ1n) is 4.80. The second-order valence-corrected chi connectivity index (χ2v) is 3.39. The summed E-state index contributed by atoms with van der Waals surface area (Å²) in [6.07, 6.45) is 0.643. The Morgan fingerprint density at radius 1 is 1.20 bits per heavy atom. The van der Waals surface area contributed by atoms with Gasteiger partial charge in [-0.25, -0.2) is 0 Å². The van der Waals surface area contributed by atoms with Crippen molar-refractivity contribution in [2.75, 3.05) is 14.2 Å². The molecule has 0 rings (SSSR count). The van der Waals surface area contributed by atoms with E-state index in [1.807, 2.05) is 6.92 Å². The van der Waals surface area contributed by atoms with Gasteiger partial charge in [0.25, 0.3) is 0 Å². The van der Waals surface area contributed by atoms with E-state index in [4.69, 9.17) is 0 Å². The predicted octanol–water partition coefficient (Wildman–Crippen LogP) is 1.55. The van der Waals surface area contributed by atoms with Gasteiger partial charge in [-0.15, -0.1) is 0 Å². The Balaban J connectivity index is 4.98. The molecule has 1 atom stereocenters. The van der Waals surface area contributed by atoms with E-state index in [1.54, 1.807) is 6.92 Å². The van der Waals surface area contributed by atoms with Crippen LogP contribution in [0.1, 0.15) is 20.3 Å². The van der Waals surface area contributed by atoms with Crippen LogP contribution in [-0.4, -0.2) is 26.2 Å². The Labute approximate surface area is 90.2 Å². The molecule has 0 saturated heterocycles. The first kappa shape index (κ1) is 13.7. The molecule has 1 unspecified atom stereocenters. The molecule has 0 bridgehead atoms. The van der Waals surface area contributed by atoms with Crippen molar-refractivity contribution in [2.24, 2.45) is 11.8 Å².